The van der Waals surface area contributed by atoms with E-state index >= 15 is 0 Å². The normalized spacial score (nSPS) is 20.2. The van der Waals surface area contributed by atoms with E-state index in [1.807, 2.05) is 46.7 Å². The molecule has 0 radical (unpaired) electrons. The maximum atomic E-state index is 14.0. The monoisotopic (exact) mass is 476 g/mol. The lowest BCUT2D eigenvalue weighted by Crippen LogP contribution is -2.49. The van der Waals surface area contributed by atoms with E-state index in [1.54, 1.807) is 43.8 Å². The summed E-state index contributed by atoms with van der Waals surface area (Å²) in [5, 5.41) is 5.09. The summed E-state index contributed by atoms with van der Waals surface area (Å²) in [7, 11) is 3.16. The molecule has 2 unspecified atom stereocenters. The molecule has 6 nitrogen and oxygen atoms in total. The Bertz CT molecular complexity index is 1190. The van der Waals surface area contributed by atoms with Gasteiger partial charge in [0, 0.05) is 22.5 Å². The molecule has 1 fully saturated rings. The van der Waals surface area contributed by atoms with Crippen LogP contribution in [-0.4, -0.2) is 37.0 Å². The Balaban J connectivity index is 1.61. The van der Waals surface area contributed by atoms with E-state index in [2.05, 4.69) is 5.32 Å². The summed E-state index contributed by atoms with van der Waals surface area (Å²) in [6.07, 6.45) is 4.14. The number of anilines is 1. The highest BCUT2D eigenvalue weighted by Gasteiger charge is 2.47. The van der Waals surface area contributed by atoms with Gasteiger partial charge in [0.1, 0.15) is 11.5 Å². The molecule has 7 heteroatoms. The predicted octanol–water partition coefficient (Wildman–Crippen LogP) is 5.63. The second kappa shape index (κ2) is 9.50. The van der Waals surface area contributed by atoms with Gasteiger partial charge >= 0.3 is 0 Å². The average molecular weight is 477 g/mol. The van der Waals surface area contributed by atoms with Crippen LogP contribution in [0.2, 0.25) is 0 Å². The first-order valence-electron chi connectivity index (χ1n) is 11.6. The van der Waals surface area contributed by atoms with E-state index in [0.29, 0.717) is 22.7 Å². The Hall–Kier alpha value is -3.32. The van der Waals surface area contributed by atoms with E-state index in [-0.39, 0.29) is 23.9 Å². The Labute approximate surface area is 203 Å². The summed E-state index contributed by atoms with van der Waals surface area (Å²) in [6.45, 7) is 0. The van der Waals surface area contributed by atoms with Crippen molar-refractivity contribution in [2.75, 3.05) is 19.5 Å². The third-order valence-electron chi connectivity index (χ3n) is 6.88. The molecule has 2 aromatic carbocycles. The van der Waals surface area contributed by atoms with Crippen LogP contribution in [-0.2, 0) is 4.79 Å². The lowest BCUT2D eigenvalue weighted by atomic mass is 9.80. The Morgan fingerprint density at radius 3 is 2.53 bits per heavy atom. The van der Waals surface area contributed by atoms with Crippen molar-refractivity contribution in [3.63, 3.8) is 0 Å². The molecule has 34 heavy (non-hydrogen) atoms. The minimum Gasteiger partial charge on any atom is -0.497 e. The van der Waals surface area contributed by atoms with Gasteiger partial charge in [-0.2, -0.15) is 0 Å². The van der Waals surface area contributed by atoms with Crippen LogP contribution in [0.1, 0.15) is 58.4 Å². The zero-order valence-electron chi connectivity index (χ0n) is 19.3. The summed E-state index contributed by atoms with van der Waals surface area (Å²) in [6, 6.07) is 16.6. The molecule has 2 heterocycles. The van der Waals surface area contributed by atoms with Gasteiger partial charge in [-0.25, -0.2) is 0 Å². The summed E-state index contributed by atoms with van der Waals surface area (Å²) in [5.74, 6) is 0.466. The largest absolute Gasteiger partial charge is 0.497 e. The molecule has 1 saturated carbocycles. The minimum atomic E-state index is -0.552. The lowest BCUT2D eigenvalue weighted by Gasteiger charge is -2.44. The number of rotatable bonds is 6. The van der Waals surface area contributed by atoms with Gasteiger partial charge in [0.2, 0.25) is 5.91 Å². The fourth-order valence-corrected chi connectivity index (χ4v) is 6.16. The first kappa shape index (κ1) is 22.5. The topological polar surface area (TPSA) is 67.9 Å². The van der Waals surface area contributed by atoms with Gasteiger partial charge in [-0.15, -0.1) is 11.3 Å². The van der Waals surface area contributed by atoms with Crippen molar-refractivity contribution in [1.82, 2.24) is 4.90 Å². The number of benzene rings is 2. The fraction of sp³-hybridized carbons (Fsp3) is 0.333. The molecule has 1 aliphatic heterocycles. The Kier molecular flexibility index (Phi) is 6.28. The van der Waals surface area contributed by atoms with Crippen molar-refractivity contribution < 1.29 is 19.1 Å². The van der Waals surface area contributed by atoms with Crippen molar-refractivity contribution in [1.29, 1.82) is 0 Å². The quantitative estimate of drug-likeness (QED) is 0.501. The highest BCUT2D eigenvalue weighted by Crippen LogP contribution is 2.47. The zero-order valence-corrected chi connectivity index (χ0v) is 20.1. The number of nitrogens with one attached hydrogen (secondary N) is 1. The number of carbonyl (C=O) groups is 2. The number of carbonyl (C=O) groups excluding carboxylic acids is 2. The van der Waals surface area contributed by atoms with Gasteiger partial charge < -0.3 is 19.7 Å². The van der Waals surface area contributed by atoms with Crippen molar-refractivity contribution in [2.45, 2.75) is 43.7 Å². The number of fused-ring (bicyclic) bond motifs is 1. The summed E-state index contributed by atoms with van der Waals surface area (Å²) < 4.78 is 10.8. The predicted molar refractivity (Wildman–Crippen MR) is 133 cm³/mol. The zero-order chi connectivity index (χ0) is 23.7. The van der Waals surface area contributed by atoms with Crippen molar-refractivity contribution >= 4 is 28.8 Å². The molecule has 3 aromatic rings. The molecule has 0 saturated heterocycles. The summed E-state index contributed by atoms with van der Waals surface area (Å²) in [4.78, 5) is 30.8. The van der Waals surface area contributed by atoms with E-state index in [1.165, 1.54) is 0 Å². The second-order valence-electron chi connectivity index (χ2n) is 8.73. The Morgan fingerprint density at radius 1 is 1.03 bits per heavy atom. The van der Waals surface area contributed by atoms with Gasteiger partial charge in [0.25, 0.3) is 5.91 Å². The van der Waals surface area contributed by atoms with Crippen molar-refractivity contribution in [3.05, 3.63) is 76.0 Å². The number of hydrogen-bond acceptors (Lipinski definition) is 5. The fourth-order valence-electron chi connectivity index (χ4n) is 5.30. The van der Waals surface area contributed by atoms with E-state index < -0.39 is 5.92 Å². The first-order chi connectivity index (χ1) is 16.6. The van der Waals surface area contributed by atoms with Gasteiger partial charge in [-0.1, -0.05) is 37.1 Å². The van der Waals surface area contributed by atoms with Gasteiger partial charge in [-0.05, 0) is 48.1 Å². The molecule has 2 amide bonds. The lowest BCUT2D eigenvalue weighted by molar-refractivity contribution is -0.119. The molecule has 5 rings (SSSR count). The Morgan fingerprint density at radius 2 is 1.82 bits per heavy atom. The van der Waals surface area contributed by atoms with Gasteiger partial charge in [-0.3, -0.25) is 9.59 Å². The number of hydrogen-bond donors (Lipinski definition) is 1. The summed E-state index contributed by atoms with van der Waals surface area (Å²) in [5.41, 5.74) is 1.91. The van der Waals surface area contributed by atoms with Crippen LogP contribution in [0.25, 0.3) is 0 Å². The van der Waals surface area contributed by atoms with Gasteiger partial charge in [0.05, 0.1) is 31.9 Å². The van der Waals surface area contributed by atoms with Crippen LogP contribution >= 0.6 is 11.3 Å². The molecular formula is C27H28N2O4S. The molecule has 1 aromatic heterocycles. The molecule has 176 valence electrons. The second-order valence-corrected chi connectivity index (χ2v) is 9.71. The van der Waals surface area contributed by atoms with Crippen LogP contribution in [0.4, 0.5) is 5.69 Å². The molecule has 1 aliphatic carbocycles. The SMILES string of the molecule is COc1ccc(OC)c(NC(=O)C2c3ccccc3C(=O)N(C3CCCC3)C2c2cccs2)c1. The van der Waals surface area contributed by atoms with Crippen LogP contribution in [0.15, 0.2) is 60.0 Å². The number of methoxy groups -OCH3 is 2. The molecular weight excluding hydrogens is 448 g/mol. The number of amides is 2. The molecule has 1 N–H and O–H groups in total. The maximum Gasteiger partial charge on any atom is 0.254 e. The van der Waals surface area contributed by atoms with Crippen LogP contribution in [0.5, 0.6) is 11.5 Å². The maximum absolute atomic E-state index is 14.0. The summed E-state index contributed by atoms with van der Waals surface area (Å²) >= 11 is 1.59. The molecule has 2 aliphatic rings. The highest BCUT2D eigenvalue weighted by molar-refractivity contribution is 7.10. The molecule has 2 atom stereocenters. The number of thiophene rings is 1. The van der Waals surface area contributed by atoms with E-state index in [0.717, 1.165) is 36.1 Å². The third kappa shape index (κ3) is 3.94. The van der Waals surface area contributed by atoms with Gasteiger partial charge in [0.15, 0.2) is 0 Å². The standard InChI is InChI=1S/C27H28N2O4S/c1-32-18-13-14-22(33-2)21(16-18)28-26(30)24-19-10-5-6-11-20(19)27(31)29(17-8-3-4-9-17)25(24)23-12-7-15-34-23/h5-7,10-17,24-25H,3-4,8-9H2,1-2H3,(H,28,30). The molecule has 0 bridgehead atoms. The van der Waals surface area contributed by atoms with Crippen LogP contribution in [0, 0.1) is 0 Å². The number of nitrogens with zero attached hydrogens (tertiary/aromatic N) is 1. The smallest absolute Gasteiger partial charge is 0.254 e. The third-order valence-corrected chi connectivity index (χ3v) is 7.82. The van der Waals surface area contributed by atoms with E-state index in [9.17, 15) is 9.59 Å². The number of ether oxygens (including phenoxy) is 2. The average Bonchev–Trinajstić information content (AvgIpc) is 3.58. The minimum absolute atomic E-state index is 0.0175. The molecule has 0 spiro atoms. The van der Waals surface area contributed by atoms with Crippen molar-refractivity contribution in [3.8, 4) is 11.5 Å². The first-order valence-corrected chi connectivity index (χ1v) is 12.5. The van der Waals surface area contributed by atoms with Crippen molar-refractivity contribution in [2.24, 2.45) is 0 Å². The van der Waals surface area contributed by atoms with E-state index in [4.69, 9.17) is 9.47 Å². The van der Waals surface area contributed by atoms with Crippen LogP contribution < -0.4 is 14.8 Å². The highest BCUT2D eigenvalue weighted by atomic mass is 32.1. The van der Waals surface area contributed by atoms with Crippen LogP contribution in [0.3, 0.4) is 0 Å².